The van der Waals surface area contributed by atoms with E-state index in [0.29, 0.717) is 12.1 Å². The number of hydrogen-bond acceptors (Lipinski definition) is 3. The number of carbonyl (C=O) groups is 1. The van der Waals surface area contributed by atoms with Crippen LogP contribution in [-0.2, 0) is 4.79 Å². The van der Waals surface area contributed by atoms with E-state index in [4.69, 9.17) is 5.11 Å². The summed E-state index contributed by atoms with van der Waals surface area (Å²) in [6.45, 7) is 11.4. The topological polar surface area (TPSA) is 43.8 Å². The predicted molar refractivity (Wildman–Crippen MR) is 59.9 cm³/mol. The highest BCUT2D eigenvalue weighted by Gasteiger charge is 2.17. The van der Waals surface area contributed by atoms with Crippen molar-refractivity contribution in [2.45, 2.75) is 13.3 Å². The van der Waals surface area contributed by atoms with Gasteiger partial charge in [-0.05, 0) is 13.0 Å². The van der Waals surface area contributed by atoms with Crippen molar-refractivity contribution in [2.75, 3.05) is 39.3 Å². The van der Waals surface area contributed by atoms with Gasteiger partial charge >= 0.3 is 5.97 Å². The normalized spacial score (nSPS) is 19.0. The maximum absolute atomic E-state index is 10.6. The molecule has 86 valence electrons. The molecule has 1 aliphatic rings. The van der Waals surface area contributed by atoms with Crippen molar-refractivity contribution in [1.82, 2.24) is 9.80 Å². The van der Waals surface area contributed by atoms with E-state index in [9.17, 15) is 4.79 Å². The first-order valence-electron chi connectivity index (χ1n) is 5.49. The Labute approximate surface area is 91.2 Å². The molecule has 1 fully saturated rings. The molecular weight excluding hydrogens is 192 g/mol. The first kappa shape index (κ1) is 12.2. The number of carboxylic acid groups (broad SMARTS) is 1. The molecule has 0 atom stereocenters. The summed E-state index contributed by atoms with van der Waals surface area (Å²) in [6.07, 6.45) is 1.18. The minimum absolute atomic E-state index is 0.291. The van der Waals surface area contributed by atoms with Crippen LogP contribution in [0.1, 0.15) is 13.3 Å². The number of aliphatic carboxylic acids is 1. The molecule has 0 saturated carbocycles. The van der Waals surface area contributed by atoms with Crippen molar-refractivity contribution in [3.05, 3.63) is 12.2 Å². The van der Waals surface area contributed by atoms with Crippen LogP contribution < -0.4 is 0 Å². The average Bonchev–Trinajstić information content (AvgIpc) is 2.21. The molecular formula is C11H20N2O2. The molecule has 0 radical (unpaired) electrons. The van der Waals surface area contributed by atoms with Gasteiger partial charge in [-0.2, -0.15) is 0 Å². The molecule has 1 aliphatic heterocycles. The number of nitrogens with zero attached hydrogens (tertiary/aromatic N) is 2. The quantitative estimate of drug-likeness (QED) is 0.680. The summed E-state index contributed by atoms with van der Waals surface area (Å²) >= 11 is 0. The molecule has 1 heterocycles. The monoisotopic (exact) mass is 212 g/mol. The molecule has 0 unspecified atom stereocenters. The van der Waals surface area contributed by atoms with Gasteiger partial charge < -0.3 is 10.0 Å². The highest BCUT2D eigenvalue weighted by molar-refractivity contribution is 5.86. The predicted octanol–water partition coefficient (Wildman–Crippen LogP) is 0.655. The highest BCUT2D eigenvalue weighted by Crippen LogP contribution is 2.04. The molecule has 4 heteroatoms. The lowest BCUT2D eigenvalue weighted by atomic mass is 10.2. The van der Waals surface area contributed by atoms with E-state index in [0.717, 1.165) is 32.7 Å². The molecule has 15 heavy (non-hydrogen) atoms. The van der Waals surface area contributed by atoms with Gasteiger partial charge in [0.25, 0.3) is 0 Å². The van der Waals surface area contributed by atoms with Crippen LogP contribution in [0.5, 0.6) is 0 Å². The molecule has 1 N–H and O–H groups in total. The Morgan fingerprint density at radius 1 is 1.27 bits per heavy atom. The van der Waals surface area contributed by atoms with Crippen molar-refractivity contribution in [3.8, 4) is 0 Å². The zero-order chi connectivity index (χ0) is 11.3. The van der Waals surface area contributed by atoms with Crippen molar-refractivity contribution in [2.24, 2.45) is 0 Å². The zero-order valence-electron chi connectivity index (χ0n) is 9.41. The Balaban J connectivity index is 2.25. The van der Waals surface area contributed by atoms with Crippen LogP contribution in [-0.4, -0.2) is 60.1 Å². The standard InChI is InChI=1S/C11H20N2O2/c1-3-4-12-5-7-13(8-6-12)9-10(2)11(14)15/h2-9H2,1H3,(H,14,15). The fraction of sp³-hybridized carbons (Fsp3) is 0.727. The molecule has 0 aromatic rings. The van der Waals surface area contributed by atoms with Crippen LogP contribution in [0.2, 0.25) is 0 Å². The summed E-state index contributed by atoms with van der Waals surface area (Å²) in [5, 5.41) is 8.71. The van der Waals surface area contributed by atoms with Gasteiger partial charge in [0.2, 0.25) is 0 Å². The van der Waals surface area contributed by atoms with Crippen LogP contribution >= 0.6 is 0 Å². The van der Waals surface area contributed by atoms with Gasteiger partial charge in [0, 0.05) is 38.3 Å². The van der Waals surface area contributed by atoms with Crippen molar-refractivity contribution < 1.29 is 9.90 Å². The molecule has 4 nitrogen and oxygen atoms in total. The summed E-state index contributed by atoms with van der Waals surface area (Å²) in [5.41, 5.74) is 0.291. The van der Waals surface area contributed by atoms with Gasteiger partial charge in [0.15, 0.2) is 0 Å². The highest BCUT2D eigenvalue weighted by atomic mass is 16.4. The third kappa shape index (κ3) is 4.01. The zero-order valence-corrected chi connectivity index (χ0v) is 9.41. The molecule has 0 bridgehead atoms. The molecule has 0 aromatic carbocycles. The lowest BCUT2D eigenvalue weighted by Crippen LogP contribution is -2.47. The van der Waals surface area contributed by atoms with E-state index in [-0.39, 0.29) is 0 Å². The van der Waals surface area contributed by atoms with Crippen LogP contribution in [0.4, 0.5) is 0 Å². The lowest BCUT2D eigenvalue weighted by Gasteiger charge is -2.34. The molecule has 1 rings (SSSR count). The summed E-state index contributed by atoms with van der Waals surface area (Å²) in [6, 6.07) is 0. The number of hydrogen-bond donors (Lipinski definition) is 1. The van der Waals surface area contributed by atoms with E-state index in [1.807, 2.05) is 0 Å². The Kier molecular flexibility index (Phi) is 4.78. The second-order valence-electron chi connectivity index (χ2n) is 4.03. The van der Waals surface area contributed by atoms with Crippen molar-refractivity contribution in [3.63, 3.8) is 0 Å². The SMILES string of the molecule is C=C(CN1CCN(CCC)CC1)C(=O)O. The van der Waals surface area contributed by atoms with Gasteiger partial charge in [-0.1, -0.05) is 13.5 Å². The van der Waals surface area contributed by atoms with Gasteiger partial charge in [0.05, 0.1) is 0 Å². The maximum Gasteiger partial charge on any atom is 0.332 e. The second kappa shape index (κ2) is 5.88. The minimum Gasteiger partial charge on any atom is -0.478 e. The Morgan fingerprint density at radius 3 is 2.27 bits per heavy atom. The largest absolute Gasteiger partial charge is 0.478 e. The van der Waals surface area contributed by atoms with Crippen molar-refractivity contribution in [1.29, 1.82) is 0 Å². The summed E-state index contributed by atoms with van der Waals surface area (Å²) in [5.74, 6) is -0.883. The molecule has 0 aromatic heterocycles. The van der Waals surface area contributed by atoms with E-state index < -0.39 is 5.97 Å². The molecule has 1 saturated heterocycles. The van der Waals surface area contributed by atoms with E-state index >= 15 is 0 Å². The van der Waals surface area contributed by atoms with Gasteiger partial charge in [-0.25, -0.2) is 4.79 Å². The van der Waals surface area contributed by atoms with Crippen molar-refractivity contribution >= 4 is 5.97 Å². The molecule has 0 spiro atoms. The third-order valence-corrected chi connectivity index (χ3v) is 2.72. The number of rotatable bonds is 5. The fourth-order valence-corrected chi connectivity index (χ4v) is 1.82. The molecule has 0 aliphatic carbocycles. The van der Waals surface area contributed by atoms with E-state index in [1.165, 1.54) is 6.42 Å². The third-order valence-electron chi connectivity index (χ3n) is 2.72. The van der Waals surface area contributed by atoms with Crippen LogP contribution in [0.25, 0.3) is 0 Å². The fourth-order valence-electron chi connectivity index (χ4n) is 1.82. The molecule has 0 amide bonds. The second-order valence-corrected chi connectivity index (χ2v) is 4.03. The Bertz CT molecular complexity index is 233. The van der Waals surface area contributed by atoms with Crippen LogP contribution in [0, 0.1) is 0 Å². The average molecular weight is 212 g/mol. The van der Waals surface area contributed by atoms with Gasteiger partial charge in [-0.15, -0.1) is 0 Å². The smallest absolute Gasteiger partial charge is 0.332 e. The number of piperazine rings is 1. The van der Waals surface area contributed by atoms with Gasteiger partial charge in [-0.3, -0.25) is 4.90 Å². The number of carboxylic acids is 1. The van der Waals surface area contributed by atoms with E-state index in [2.05, 4.69) is 23.3 Å². The van der Waals surface area contributed by atoms with E-state index in [1.54, 1.807) is 0 Å². The lowest BCUT2D eigenvalue weighted by molar-refractivity contribution is -0.132. The summed E-state index contributed by atoms with van der Waals surface area (Å²) < 4.78 is 0. The Morgan fingerprint density at radius 2 is 1.80 bits per heavy atom. The van der Waals surface area contributed by atoms with Gasteiger partial charge in [0.1, 0.15) is 0 Å². The first-order chi connectivity index (χ1) is 7.13. The minimum atomic E-state index is -0.883. The first-order valence-corrected chi connectivity index (χ1v) is 5.49. The maximum atomic E-state index is 10.6. The summed E-state index contributed by atoms with van der Waals surface area (Å²) in [7, 11) is 0. The Hall–Kier alpha value is -0.870. The van der Waals surface area contributed by atoms with Crippen LogP contribution in [0.15, 0.2) is 12.2 Å². The summed E-state index contributed by atoms with van der Waals surface area (Å²) in [4.78, 5) is 15.2. The van der Waals surface area contributed by atoms with Crippen LogP contribution in [0.3, 0.4) is 0 Å².